The summed E-state index contributed by atoms with van der Waals surface area (Å²) in [5, 5.41) is 15.6. The highest BCUT2D eigenvalue weighted by Gasteiger charge is 2.44. The normalized spacial score (nSPS) is 15.8. The van der Waals surface area contributed by atoms with Gasteiger partial charge in [-0.05, 0) is 71.1 Å². The Morgan fingerprint density at radius 3 is 2.19 bits per heavy atom. The van der Waals surface area contributed by atoms with Crippen molar-refractivity contribution < 1.29 is 24.2 Å². The number of amides is 3. The van der Waals surface area contributed by atoms with Crippen molar-refractivity contribution in [2.75, 3.05) is 0 Å². The lowest BCUT2D eigenvalue weighted by Crippen LogP contribution is -2.55. The number of nitrogens with one attached hydrogen (secondary N) is 2. The average Bonchev–Trinajstić information content (AvgIpc) is 3.46. The number of nitrogens with zero attached hydrogens (tertiary/aromatic N) is 1. The third kappa shape index (κ3) is 7.14. The van der Waals surface area contributed by atoms with E-state index in [-0.39, 0.29) is 35.6 Å². The minimum absolute atomic E-state index is 0.0142. The number of alkyl carbamates (subject to hydrolysis) is 1. The van der Waals surface area contributed by atoms with Crippen LogP contribution in [0.2, 0.25) is 0 Å². The second-order valence-corrected chi connectivity index (χ2v) is 10.0. The van der Waals surface area contributed by atoms with Gasteiger partial charge in [-0.2, -0.15) is 0 Å². The van der Waals surface area contributed by atoms with E-state index >= 15 is 0 Å². The van der Waals surface area contributed by atoms with Gasteiger partial charge in [0.1, 0.15) is 23.4 Å². The highest BCUT2D eigenvalue weighted by atomic mass is 16.6. The molecule has 1 aliphatic carbocycles. The molecule has 2 unspecified atom stereocenters. The van der Waals surface area contributed by atoms with Crippen LogP contribution in [0.25, 0.3) is 0 Å². The molecular formula is C24H37N3O5. The molecule has 0 saturated heterocycles. The zero-order chi connectivity index (χ0) is 24.2. The van der Waals surface area contributed by atoms with E-state index in [9.17, 15) is 19.5 Å². The maximum absolute atomic E-state index is 13.8. The summed E-state index contributed by atoms with van der Waals surface area (Å²) >= 11 is 0. The Labute approximate surface area is 190 Å². The first-order valence-corrected chi connectivity index (χ1v) is 11.2. The second kappa shape index (κ2) is 10.2. The van der Waals surface area contributed by atoms with E-state index < -0.39 is 23.8 Å². The summed E-state index contributed by atoms with van der Waals surface area (Å²) in [4.78, 5) is 41.0. The number of ether oxygens (including phenoxy) is 1. The molecule has 1 aliphatic rings. The molecule has 0 radical (unpaired) electrons. The van der Waals surface area contributed by atoms with Crippen molar-refractivity contribution in [2.24, 2.45) is 5.92 Å². The van der Waals surface area contributed by atoms with Gasteiger partial charge >= 0.3 is 6.09 Å². The van der Waals surface area contributed by atoms with Crippen LogP contribution in [0.3, 0.4) is 0 Å². The minimum Gasteiger partial charge on any atom is -0.508 e. The van der Waals surface area contributed by atoms with Crippen molar-refractivity contribution in [1.82, 2.24) is 15.5 Å². The van der Waals surface area contributed by atoms with Crippen LogP contribution in [0.1, 0.15) is 72.9 Å². The zero-order valence-electron chi connectivity index (χ0n) is 20.1. The maximum atomic E-state index is 13.8. The van der Waals surface area contributed by atoms with Gasteiger partial charge in [0.2, 0.25) is 11.8 Å². The molecule has 1 aromatic rings. The van der Waals surface area contributed by atoms with Crippen molar-refractivity contribution in [3.63, 3.8) is 0 Å². The van der Waals surface area contributed by atoms with E-state index in [0.29, 0.717) is 5.56 Å². The Kier molecular flexibility index (Phi) is 8.15. The van der Waals surface area contributed by atoms with Crippen molar-refractivity contribution in [2.45, 2.75) is 91.1 Å². The van der Waals surface area contributed by atoms with Crippen LogP contribution in [0.4, 0.5) is 4.79 Å². The number of phenols is 1. The summed E-state index contributed by atoms with van der Waals surface area (Å²) in [6.07, 6.45) is 0.862. The molecule has 8 nitrogen and oxygen atoms in total. The Bertz CT molecular complexity index is 827. The first kappa shape index (κ1) is 25.5. The molecule has 1 aromatic carbocycles. The fraction of sp³-hybridized carbons (Fsp3) is 0.625. The second-order valence-electron chi connectivity index (χ2n) is 10.0. The Balaban J connectivity index is 2.42. The largest absolute Gasteiger partial charge is 0.508 e. The number of phenolic OH excluding ortho intramolecular Hbond substituents is 1. The van der Waals surface area contributed by atoms with Crippen molar-refractivity contribution in [3.05, 3.63) is 29.8 Å². The Hall–Kier alpha value is -2.77. The monoisotopic (exact) mass is 447 g/mol. The summed E-state index contributed by atoms with van der Waals surface area (Å²) in [5.74, 6) is -0.888. The molecule has 1 fully saturated rings. The number of hydrogen-bond acceptors (Lipinski definition) is 5. The molecule has 1 saturated carbocycles. The van der Waals surface area contributed by atoms with E-state index in [1.165, 1.54) is 12.1 Å². The van der Waals surface area contributed by atoms with Gasteiger partial charge in [0.15, 0.2) is 0 Å². The lowest BCUT2D eigenvalue weighted by molar-refractivity contribution is -0.144. The molecule has 8 heteroatoms. The number of rotatable bonds is 8. The van der Waals surface area contributed by atoms with Crippen LogP contribution in [0.15, 0.2) is 24.3 Å². The number of carbonyl (C=O) groups is 3. The van der Waals surface area contributed by atoms with E-state index in [1.54, 1.807) is 37.8 Å². The summed E-state index contributed by atoms with van der Waals surface area (Å²) in [5.41, 5.74) is -0.185. The number of hydrogen-bond donors (Lipinski definition) is 3. The predicted octanol–water partition coefficient (Wildman–Crippen LogP) is 3.50. The van der Waals surface area contributed by atoms with Gasteiger partial charge in [0.05, 0.1) is 0 Å². The summed E-state index contributed by atoms with van der Waals surface area (Å²) in [6.45, 7) is 12.6. The highest BCUT2D eigenvalue weighted by Crippen LogP contribution is 2.36. The van der Waals surface area contributed by atoms with Gasteiger partial charge in [-0.3, -0.25) is 9.59 Å². The third-order valence-electron chi connectivity index (χ3n) is 4.94. The molecular weight excluding hydrogens is 410 g/mol. The lowest BCUT2D eigenvalue weighted by Gasteiger charge is -2.36. The molecule has 3 amide bonds. The highest BCUT2D eigenvalue weighted by molar-refractivity contribution is 5.92. The molecule has 2 rings (SSSR count). The van der Waals surface area contributed by atoms with E-state index in [2.05, 4.69) is 10.6 Å². The first-order valence-electron chi connectivity index (χ1n) is 11.2. The minimum atomic E-state index is -0.925. The standard InChI is InChI=1S/C24H37N3O5/c1-14(2)19(26-23(31)32-24(5,6)7)22(30)27(17-11-12-17)20(21(29)25-15(3)4)16-9-8-10-18(28)13-16/h8-10,13-15,17,19-20,28H,11-12H2,1-7H3,(H,25,29)(H,26,31). The number of aromatic hydroxyl groups is 1. The van der Waals surface area contributed by atoms with Crippen LogP contribution in [-0.2, 0) is 14.3 Å². The molecule has 178 valence electrons. The zero-order valence-corrected chi connectivity index (χ0v) is 20.1. The number of carbonyl (C=O) groups excluding carboxylic acids is 3. The first-order chi connectivity index (χ1) is 14.8. The van der Waals surface area contributed by atoms with Gasteiger partial charge in [-0.15, -0.1) is 0 Å². The van der Waals surface area contributed by atoms with E-state index in [0.717, 1.165) is 12.8 Å². The van der Waals surface area contributed by atoms with Gasteiger partial charge in [-0.25, -0.2) is 4.79 Å². The van der Waals surface area contributed by atoms with Crippen molar-refractivity contribution in [3.8, 4) is 5.75 Å². The topological polar surface area (TPSA) is 108 Å². The van der Waals surface area contributed by atoms with Crippen LogP contribution in [-0.4, -0.2) is 51.6 Å². The van der Waals surface area contributed by atoms with Crippen LogP contribution in [0, 0.1) is 5.92 Å². The van der Waals surface area contributed by atoms with E-state index in [1.807, 2.05) is 27.7 Å². The molecule has 0 heterocycles. The predicted molar refractivity (Wildman–Crippen MR) is 122 cm³/mol. The summed E-state index contributed by atoms with van der Waals surface area (Å²) in [7, 11) is 0. The number of benzene rings is 1. The Morgan fingerprint density at radius 1 is 1.09 bits per heavy atom. The van der Waals surface area contributed by atoms with Gasteiger partial charge in [0.25, 0.3) is 0 Å². The van der Waals surface area contributed by atoms with Crippen LogP contribution < -0.4 is 10.6 Å². The fourth-order valence-corrected chi connectivity index (χ4v) is 3.48. The third-order valence-corrected chi connectivity index (χ3v) is 4.94. The van der Waals surface area contributed by atoms with Crippen molar-refractivity contribution >= 4 is 17.9 Å². The van der Waals surface area contributed by atoms with E-state index in [4.69, 9.17) is 4.74 Å². The SMILES string of the molecule is CC(C)NC(=O)C(c1cccc(O)c1)N(C(=O)C(NC(=O)OC(C)(C)C)C(C)C)C1CC1. The summed E-state index contributed by atoms with van der Waals surface area (Å²) in [6, 6.07) is 4.36. The molecule has 0 aliphatic heterocycles. The molecule has 2 atom stereocenters. The molecule has 32 heavy (non-hydrogen) atoms. The molecule has 0 spiro atoms. The maximum Gasteiger partial charge on any atom is 0.408 e. The Morgan fingerprint density at radius 2 is 1.72 bits per heavy atom. The summed E-state index contributed by atoms with van der Waals surface area (Å²) < 4.78 is 5.35. The molecule has 0 bridgehead atoms. The van der Waals surface area contributed by atoms with Gasteiger partial charge < -0.3 is 25.4 Å². The van der Waals surface area contributed by atoms with Crippen molar-refractivity contribution in [1.29, 1.82) is 0 Å². The lowest BCUT2D eigenvalue weighted by atomic mass is 9.98. The molecule has 3 N–H and O–H groups in total. The van der Waals surface area contributed by atoms with Crippen LogP contribution >= 0.6 is 0 Å². The smallest absolute Gasteiger partial charge is 0.408 e. The average molecular weight is 448 g/mol. The fourth-order valence-electron chi connectivity index (χ4n) is 3.48. The molecule has 0 aromatic heterocycles. The van der Waals surface area contributed by atoms with Gasteiger partial charge in [0, 0.05) is 12.1 Å². The van der Waals surface area contributed by atoms with Gasteiger partial charge in [-0.1, -0.05) is 26.0 Å². The quantitative estimate of drug-likeness (QED) is 0.565. The van der Waals surface area contributed by atoms with Crippen LogP contribution in [0.5, 0.6) is 5.75 Å².